The van der Waals surface area contributed by atoms with Gasteiger partial charge in [0.1, 0.15) is 22.3 Å². The minimum atomic E-state index is 0.769. The van der Waals surface area contributed by atoms with Crippen LogP contribution in [-0.2, 0) is 0 Å². The average molecular weight is 717 g/mol. The maximum Gasteiger partial charge on any atom is 0.135 e. The van der Waals surface area contributed by atoms with E-state index in [9.17, 15) is 0 Å². The Kier molecular flexibility index (Phi) is 6.46. The van der Waals surface area contributed by atoms with Crippen LogP contribution in [0, 0.1) is 0 Å². The number of benzene rings is 10. The zero-order valence-electron chi connectivity index (χ0n) is 30.2. The van der Waals surface area contributed by atoms with Crippen LogP contribution >= 0.6 is 0 Å². The molecule has 2 aromatic heterocycles. The van der Waals surface area contributed by atoms with Crippen molar-refractivity contribution in [3.8, 4) is 22.3 Å². The molecule has 2 N–H and O–H groups in total. The van der Waals surface area contributed by atoms with Crippen molar-refractivity contribution in [2.75, 3.05) is 10.6 Å². The number of hydrogen-bond donors (Lipinski definition) is 1. The lowest BCUT2D eigenvalue weighted by Crippen LogP contribution is -2.13. The lowest BCUT2D eigenvalue weighted by atomic mass is 9.82. The minimum Gasteiger partial charge on any atom is -0.456 e. The zero-order chi connectivity index (χ0) is 36.9. The van der Waals surface area contributed by atoms with Gasteiger partial charge in [0.2, 0.25) is 0 Å². The van der Waals surface area contributed by atoms with Gasteiger partial charge in [0.25, 0.3) is 0 Å². The molecule has 0 saturated heterocycles. The molecule has 0 amide bonds. The van der Waals surface area contributed by atoms with Crippen LogP contribution in [0.5, 0.6) is 0 Å². The molecule has 4 heteroatoms. The highest BCUT2D eigenvalue weighted by atomic mass is 16.3. The number of furan rings is 2. The van der Waals surface area contributed by atoms with Crippen molar-refractivity contribution in [3.63, 3.8) is 0 Å². The molecule has 262 valence electrons. The van der Waals surface area contributed by atoms with Crippen LogP contribution < -0.4 is 10.6 Å². The average Bonchev–Trinajstić information content (AvgIpc) is 3.82. The van der Waals surface area contributed by atoms with Gasteiger partial charge in [-0.05, 0) is 99.6 Å². The standard InChI is InChI=1S/C52H32N2O2/c53-43-26-20-31-19-23-40-51-39(25-24-38(43)48(31)51)49(32-21-27-46-41(29-32)36-15-7-9-17-44(36)55-46)50(33-22-28-47-42(30-33)37-16-8-10-18-45(37)56-47)52(40)54(34-11-3-1-4-12-34)35-13-5-2-6-14-35/h1-30H,53H2. The summed E-state index contributed by atoms with van der Waals surface area (Å²) in [4.78, 5) is 2.43. The predicted molar refractivity (Wildman–Crippen MR) is 235 cm³/mol. The number of nitrogen functional groups attached to an aromatic ring is 1. The molecule has 4 nitrogen and oxygen atoms in total. The summed E-state index contributed by atoms with van der Waals surface area (Å²) >= 11 is 0. The van der Waals surface area contributed by atoms with Crippen molar-refractivity contribution >= 4 is 98.9 Å². The third kappa shape index (κ3) is 4.41. The van der Waals surface area contributed by atoms with Gasteiger partial charge in [-0.2, -0.15) is 0 Å². The Balaban J connectivity index is 1.32. The third-order valence-electron chi connectivity index (χ3n) is 11.5. The summed E-state index contributed by atoms with van der Waals surface area (Å²) in [6.07, 6.45) is 0. The summed E-state index contributed by atoms with van der Waals surface area (Å²) in [5, 5.41) is 11.2. The first-order valence-electron chi connectivity index (χ1n) is 19.0. The maximum atomic E-state index is 6.78. The van der Waals surface area contributed by atoms with Crippen LogP contribution in [0.15, 0.2) is 191 Å². The van der Waals surface area contributed by atoms with Gasteiger partial charge >= 0.3 is 0 Å². The largest absolute Gasteiger partial charge is 0.456 e. The minimum absolute atomic E-state index is 0.769. The predicted octanol–water partition coefficient (Wildman–Crippen LogP) is 14.8. The van der Waals surface area contributed by atoms with Crippen LogP contribution in [0.3, 0.4) is 0 Å². The molecular weight excluding hydrogens is 685 g/mol. The number of fused-ring (bicyclic) bond motifs is 6. The van der Waals surface area contributed by atoms with E-state index < -0.39 is 0 Å². The van der Waals surface area contributed by atoms with Crippen LogP contribution in [0.25, 0.3) is 98.4 Å². The molecule has 12 aromatic rings. The van der Waals surface area contributed by atoms with Crippen LogP contribution in [0.2, 0.25) is 0 Å². The smallest absolute Gasteiger partial charge is 0.135 e. The molecule has 0 aliphatic heterocycles. The fourth-order valence-electron chi connectivity index (χ4n) is 9.10. The Morgan fingerprint density at radius 1 is 0.357 bits per heavy atom. The zero-order valence-corrected chi connectivity index (χ0v) is 30.2. The van der Waals surface area contributed by atoms with E-state index in [0.29, 0.717) is 0 Å². The number of para-hydroxylation sites is 4. The molecule has 0 atom stereocenters. The SMILES string of the molecule is Nc1ccc2ccc3c(N(c4ccccc4)c4ccccc4)c(-c4ccc5oc6ccccc6c5c4)c(-c4ccc5oc6ccccc6c5c4)c4ccc1c2c43. The number of hydrogen-bond acceptors (Lipinski definition) is 4. The highest BCUT2D eigenvalue weighted by molar-refractivity contribution is 6.33. The second kappa shape index (κ2) is 11.7. The first kappa shape index (κ1) is 30.9. The van der Waals surface area contributed by atoms with Gasteiger partial charge in [0.05, 0.1) is 5.69 Å². The van der Waals surface area contributed by atoms with Crippen molar-refractivity contribution in [1.82, 2.24) is 0 Å². The van der Waals surface area contributed by atoms with Crippen molar-refractivity contribution in [2.45, 2.75) is 0 Å². The molecule has 10 aromatic carbocycles. The van der Waals surface area contributed by atoms with Crippen molar-refractivity contribution < 1.29 is 8.83 Å². The Hall–Kier alpha value is -7.56. The molecule has 56 heavy (non-hydrogen) atoms. The first-order valence-corrected chi connectivity index (χ1v) is 19.0. The molecule has 0 unspecified atom stereocenters. The summed E-state index contributed by atoms with van der Waals surface area (Å²) in [6.45, 7) is 0. The first-order chi connectivity index (χ1) is 27.7. The van der Waals surface area contributed by atoms with Crippen molar-refractivity contribution in [2.24, 2.45) is 0 Å². The number of anilines is 4. The van der Waals surface area contributed by atoms with E-state index in [1.165, 1.54) is 10.8 Å². The van der Waals surface area contributed by atoms with Gasteiger partial charge in [0.15, 0.2) is 0 Å². The van der Waals surface area contributed by atoms with Gasteiger partial charge in [-0.15, -0.1) is 0 Å². The Morgan fingerprint density at radius 3 is 1.48 bits per heavy atom. The normalized spacial score (nSPS) is 12.0. The van der Waals surface area contributed by atoms with E-state index >= 15 is 0 Å². The van der Waals surface area contributed by atoms with Gasteiger partial charge in [-0.3, -0.25) is 0 Å². The number of rotatable bonds is 5. The van der Waals surface area contributed by atoms with Crippen LogP contribution in [-0.4, -0.2) is 0 Å². The summed E-state index contributed by atoms with van der Waals surface area (Å²) in [5.74, 6) is 0. The molecular formula is C52H32N2O2. The third-order valence-corrected chi connectivity index (χ3v) is 11.5. The molecule has 0 saturated carbocycles. The highest BCUT2D eigenvalue weighted by Gasteiger charge is 2.28. The summed E-state index contributed by atoms with van der Waals surface area (Å²) in [7, 11) is 0. The topological polar surface area (TPSA) is 55.5 Å². The van der Waals surface area contributed by atoms with Gasteiger partial charge < -0.3 is 19.5 Å². The molecule has 0 bridgehead atoms. The van der Waals surface area contributed by atoms with Gasteiger partial charge in [-0.25, -0.2) is 0 Å². The molecule has 12 rings (SSSR count). The van der Waals surface area contributed by atoms with Gasteiger partial charge in [-0.1, -0.05) is 115 Å². The van der Waals surface area contributed by atoms with E-state index in [2.05, 4.69) is 157 Å². The molecule has 2 heterocycles. The van der Waals surface area contributed by atoms with E-state index in [0.717, 1.165) is 110 Å². The molecule has 0 radical (unpaired) electrons. The lowest BCUT2D eigenvalue weighted by molar-refractivity contribution is 0.668. The number of nitrogens with zero attached hydrogens (tertiary/aromatic N) is 1. The lowest BCUT2D eigenvalue weighted by Gasteiger charge is -2.32. The van der Waals surface area contributed by atoms with E-state index in [4.69, 9.17) is 14.6 Å². The fraction of sp³-hybridized carbons (Fsp3) is 0. The van der Waals surface area contributed by atoms with E-state index in [1.807, 2.05) is 30.3 Å². The monoisotopic (exact) mass is 716 g/mol. The summed E-state index contributed by atoms with van der Waals surface area (Å²) in [6, 6.07) is 64.6. The van der Waals surface area contributed by atoms with Crippen molar-refractivity contribution in [1.29, 1.82) is 0 Å². The van der Waals surface area contributed by atoms with Crippen molar-refractivity contribution in [3.05, 3.63) is 182 Å². The maximum absolute atomic E-state index is 6.78. The molecule has 0 spiro atoms. The fourth-order valence-corrected chi connectivity index (χ4v) is 9.10. The summed E-state index contributed by atoms with van der Waals surface area (Å²) in [5.41, 5.74) is 18.7. The van der Waals surface area contributed by atoms with Gasteiger partial charge in [0, 0.05) is 60.3 Å². The highest BCUT2D eigenvalue weighted by Crippen LogP contribution is 2.55. The van der Waals surface area contributed by atoms with E-state index in [1.54, 1.807) is 0 Å². The molecule has 0 aliphatic rings. The van der Waals surface area contributed by atoms with Crippen LogP contribution in [0.4, 0.5) is 22.7 Å². The van der Waals surface area contributed by atoms with E-state index in [-0.39, 0.29) is 0 Å². The quantitative estimate of drug-likeness (QED) is 0.142. The van der Waals surface area contributed by atoms with Crippen LogP contribution in [0.1, 0.15) is 0 Å². The number of nitrogens with two attached hydrogens (primary N) is 1. The Morgan fingerprint density at radius 2 is 0.857 bits per heavy atom. The molecule has 0 fully saturated rings. The molecule has 0 aliphatic carbocycles. The second-order valence-electron chi connectivity index (χ2n) is 14.6. The Labute approximate surface area is 321 Å². The Bertz CT molecular complexity index is 3450. The second-order valence-corrected chi connectivity index (χ2v) is 14.6. The summed E-state index contributed by atoms with van der Waals surface area (Å²) < 4.78 is 12.8.